The molecule has 1 fully saturated rings. The standard InChI is InChI=1S/C28H33O11P/c1-18(29)34-15-24-25(35-19(2)30)26(36-20(3)31)27(37-21(4)32)28(38-24)39-40(33,16-22-11-7-5-8-12-22)17-23-13-9-6-10-14-23/h5-14,24-28H,15-17H2,1-4H3/t24-,25+,26+,27-,28?/m1/s1. The fourth-order valence-corrected chi connectivity index (χ4v) is 6.66. The van der Waals surface area contributed by atoms with E-state index in [2.05, 4.69) is 0 Å². The van der Waals surface area contributed by atoms with Crippen LogP contribution in [-0.4, -0.2) is 61.2 Å². The van der Waals surface area contributed by atoms with Gasteiger partial charge < -0.3 is 23.7 Å². The summed E-state index contributed by atoms with van der Waals surface area (Å²) in [6.07, 6.45) is -6.97. The highest BCUT2D eigenvalue weighted by atomic mass is 31.2. The van der Waals surface area contributed by atoms with Gasteiger partial charge in [-0.25, -0.2) is 0 Å². The summed E-state index contributed by atoms with van der Waals surface area (Å²) >= 11 is 0. The summed E-state index contributed by atoms with van der Waals surface area (Å²) in [5.74, 6) is -2.95. The van der Waals surface area contributed by atoms with Crippen LogP contribution in [0.25, 0.3) is 0 Å². The van der Waals surface area contributed by atoms with Crippen molar-refractivity contribution in [1.29, 1.82) is 0 Å². The van der Waals surface area contributed by atoms with Gasteiger partial charge in [0.15, 0.2) is 18.3 Å². The predicted octanol–water partition coefficient (Wildman–Crippen LogP) is 3.76. The Labute approximate surface area is 232 Å². The summed E-state index contributed by atoms with van der Waals surface area (Å²) in [6, 6.07) is 18.1. The zero-order valence-electron chi connectivity index (χ0n) is 22.7. The van der Waals surface area contributed by atoms with Crippen LogP contribution in [0.3, 0.4) is 0 Å². The van der Waals surface area contributed by atoms with Gasteiger partial charge in [-0.2, -0.15) is 0 Å². The molecular weight excluding hydrogens is 543 g/mol. The first-order chi connectivity index (χ1) is 19.0. The first-order valence-corrected chi connectivity index (χ1v) is 14.6. The molecule has 1 saturated heterocycles. The van der Waals surface area contributed by atoms with Gasteiger partial charge in [0.25, 0.3) is 0 Å². The number of carbonyl (C=O) groups is 4. The van der Waals surface area contributed by atoms with Crippen LogP contribution in [0, 0.1) is 0 Å². The molecule has 0 aromatic heterocycles. The molecule has 0 aliphatic carbocycles. The van der Waals surface area contributed by atoms with Crippen molar-refractivity contribution in [2.24, 2.45) is 0 Å². The third-order valence-electron chi connectivity index (χ3n) is 5.78. The Bertz CT molecular complexity index is 1170. The second-order valence-electron chi connectivity index (χ2n) is 9.28. The lowest BCUT2D eigenvalue weighted by Crippen LogP contribution is -2.62. The van der Waals surface area contributed by atoms with Crippen LogP contribution in [0.15, 0.2) is 60.7 Å². The fraction of sp³-hybridized carbons (Fsp3) is 0.429. The molecule has 0 amide bonds. The van der Waals surface area contributed by atoms with E-state index in [1.54, 1.807) is 48.5 Å². The van der Waals surface area contributed by atoms with E-state index in [-0.39, 0.29) is 12.3 Å². The quantitative estimate of drug-likeness (QED) is 0.219. The zero-order chi connectivity index (χ0) is 29.3. The van der Waals surface area contributed by atoms with Crippen LogP contribution >= 0.6 is 7.37 Å². The van der Waals surface area contributed by atoms with E-state index >= 15 is 0 Å². The second kappa shape index (κ2) is 14.2. The largest absolute Gasteiger partial charge is 0.463 e. The fourth-order valence-electron chi connectivity index (χ4n) is 4.32. The molecule has 0 bridgehead atoms. The summed E-state index contributed by atoms with van der Waals surface area (Å²) < 4.78 is 48.1. The van der Waals surface area contributed by atoms with E-state index in [1.807, 2.05) is 12.1 Å². The van der Waals surface area contributed by atoms with E-state index in [9.17, 15) is 23.7 Å². The van der Waals surface area contributed by atoms with E-state index in [1.165, 1.54) is 6.92 Å². The maximum Gasteiger partial charge on any atom is 0.303 e. The molecule has 2 aromatic carbocycles. The van der Waals surface area contributed by atoms with Crippen molar-refractivity contribution in [2.45, 2.75) is 70.7 Å². The summed E-state index contributed by atoms with van der Waals surface area (Å²) in [6.45, 7) is 4.14. The van der Waals surface area contributed by atoms with E-state index in [0.717, 1.165) is 31.9 Å². The average molecular weight is 577 g/mol. The molecule has 1 unspecified atom stereocenters. The molecule has 2 aromatic rings. The van der Waals surface area contributed by atoms with E-state index in [0.29, 0.717) is 0 Å². The van der Waals surface area contributed by atoms with Crippen LogP contribution in [-0.2, 0) is 64.3 Å². The first-order valence-electron chi connectivity index (χ1n) is 12.6. The minimum atomic E-state index is -3.66. The van der Waals surface area contributed by atoms with Gasteiger partial charge in [-0.3, -0.25) is 28.3 Å². The molecule has 1 aliphatic rings. The maximum absolute atomic E-state index is 14.5. The van der Waals surface area contributed by atoms with Gasteiger partial charge in [-0.1, -0.05) is 60.7 Å². The molecule has 1 aliphatic heterocycles. The smallest absolute Gasteiger partial charge is 0.303 e. The van der Waals surface area contributed by atoms with Crippen molar-refractivity contribution >= 4 is 31.2 Å². The Morgan fingerprint density at radius 1 is 0.675 bits per heavy atom. The van der Waals surface area contributed by atoms with Crippen molar-refractivity contribution in [3.63, 3.8) is 0 Å². The molecule has 0 radical (unpaired) electrons. The molecular formula is C28H33O11P. The minimum Gasteiger partial charge on any atom is -0.463 e. The Morgan fingerprint density at radius 3 is 1.57 bits per heavy atom. The minimum absolute atomic E-state index is 0.00953. The lowest BCUT2D eigenvalue weighted by atomic mass is 9.98. The molecule has 0 saturated carbocycles. The Morgan fingerprint density at radius 2 is 1.12 bits per heavy atom. The summed E-state index contributed by atoms with van der Waals surface area (Å²) in [7, 11) is -3.66. The maximum atomic E-state index is 14.5. The number of rotatable bonds is 11. The third-order valence-corrected chi connectivity index (χ3v) is 8.06. The lowest BCUT2D eigenvalue weighted by Gasteiger charge is -2.44. The zero-order valence-corrected chi connectivity index (χ0v) is 23.6. The molecule has 11 nitrogen and oxygen atoms in total. The number of carbonyl (C=O) groups excluding carboxylic acids is 4. The van der Waals surface area contributed by atoms with Crippen molar-refractivity contribution in [2.75, 3.05) is 6.61 Å². The van der Waals surface area contributed by atoms with Crippen LogP contribution in [0.5, 0.6) is 0 Å². The molecule has 40 heavy (non-hydrogen) atoms. The number of ether oxygens (including phenoxy) is 5. The van der Waals surface area contributed by atoms with Gasteiger partial charge in [0.2, 0.25) is 13.7 Å². The molecule has 1 heterocycles. The van der Waals surface area contributed by atoms with Crippen LogP contribution in [0.1, 0.15) is 38.8 Å². The van der Waals surface area contributed by atoms with Crippen LogP contribution < -0.4 is 0 Å². The Balaban J connectivity index is 2.05. The topological polar surface area (TPSA) is 141 Å². The van der Waals surface area contributed by atoms with Crippen LogP contribution in [0.2, 0.25) is 0 Å². The van der Waals surface area contributed by atoms with Gasteiger partial charge in [0, 0.05) is 27.7 Å². The highest BCUT2D eigenvalue weighted by Crippen LogP contribution is 2.55. The molecule has 0 spiro atoms. The monoisotopic (exact) mass is 576 g/mol. The van der Waals surface area contributed by atoms with Gasteiger partial charge in [0.05, 0.1) is 12.3 Å². The number of hydrogen-bond acceptors (Lipinski definition) is 11. The number of benzene rings is 2. The molecule has 216 valence electrons. The van der Waals surface area contributed by atoms with Gasteiger partial charge >= 0.3 is 23.9 Å². The van der Waals surface area contributed by atoms with Gasteiger partial charge in [0.1, 0.15) is 12.7 Å². The normalized spacial score (nSPS) is 22.6. The summed E-state index contributed by atoms with van der Waals surface area (Å²) in [5, 5.41) is 0. The second-order valence-corrected chi connectivity index (χ2v) is 11.7. The highest BCUT2D eigenvalue weighted by molar-refractivity contribution is 7.57. The molecule has 12 heteroatoms. The van der Waals surface area contributed by atoms with E-state index in [4.69, 9.17) is 28.2 Å². The average Bonchev–Trinajstić information content (AvgIpc) is 2.86. The SMILES string of the molecule is CC(=O)OC[C@H]1OC(OP(=O)(Cc2ccccc2)Cc2ccccc2)[C@H](OC(C)=O)[C@@H](OC(C)=O)[C@H]1OC(C)=O. The number of esters is 4. The summed E-state index contributed by atoms with van der Waals surface area (Å²) in [4.78, 5) is 47.8. The first kappa shape index (κ1) is 31.0. The lowest BCUT2D eigenvalue weighted by molar-refractivity contribution is -0.288. The predicted molar refractivity (Wildman–Crippen MR) is 141 cm³/mol. The summed E-state index contributed by atoms with van der Waals surface area (Å²) in [5.41, 5.74) is 1.46. The number of hydrogen-bond donors (Lipinski definition) is 0. The van der Waals surface area contributed by atoms with E-state index < -0.39 is 68.6 Å². The molecule has 3 rings (SSSR count). The van der Waals surface area contributed by atoms with Crippen molar-refractivity contribution in [3.8, 4) is 0 Å². The Kier molecular flexibility index (Phi) is 11.0. The van der Waals surface area contributed by atoms with Crippen molar-refractivity contribution in [3.05, 3.63) is 71.8 Å². The van der Waals surface area contributed by atoms with Crippen molar-refractivity contribution in [1.82, 2.24) is 0 Å². The molecule has 5 atom stereocenters. The van der Waals surface area contributed by atoms with Gasteiger partial charge in [-0.15, -0.1) is 0 Å². The van der Waals surface area contributed by atoms with Gasteiger partial charge in [-0.05, 0) is 11.1 Å². The van der Waals surface area contributed by atoms with Crippen molar-refractivity contribution < 1.29 is 52.0 Å². The third kappa shape index (κ3) is 9.29. The van der Waals surface area contributed by atoms with Crippen LogP contribution in [0.4, 0.5) is 0 Å². The highest BCUT2D eigenvalue weighted by Gasteiger charge is 2.54. The Hall–Kier alpha value is -3.53. The molecule has 0 N–H and O–H groups in total.